The molecule has 2 aromatic heterocycles. The molecule has 2 heterocycles. The van der Waals surface area contributed by atoms with Crippen LogP contribution in [-0.2, 0) is 0 Å². The number of H-pyrrole nitrogens is 1. The zero-order chi connectivity index (χ0) is 18.3. The van der Waals surface area contributed by atoms with E-state index in [1.165, 1.54) is 21.6 Å². The highest BCUT2D eigenvalue weighted by molar-refractivity contribution is 9.10. The van der Waals surface area contributed by atoms with Gasteiger partial charge in [0.1, 0.15) is 0 Å². The van der Waals surface area contributed by atoms with Crippen LogP contribution in [0.1, 0.15) is 16.8 Å². The van der Waals surface area contributed by atoms with Crippen molar-refractivity contribution in [2.24, 2.45) is 4.99 Å². The van der Waals surface area contributed by atoms with Gasteiger partial charge < -0.3 is 0 Å². The summed E-state index contributed by atoms with van der Waals surface area (Å²) < 4.78 is 3.57. The van der Waals surface area contributed by atoms with Gasteiger partial charge in [0.2, 0.25) is 5.13 Å². The van der Waals surface area contributed by atoms with E-state index in [-0.39, 0.29) is 5.56 Å². The lowest BCUT2D eigenvalue weighted by molar-refractivity contribution is 0.835. The van der Waals surface area contributed by atoms with Crippen molar-refractivity contribution >= 4 is 48.8 Å². The fraction of sp³-hybridized carbons (Fsp3) is 0.105. The molecular formula is C19H15BrN4OS. The Morgan fingerprint density at radius 2 is 1.96 bits per heavy atom. The van der Waals surface area contributed by atoms with Crippen LogP contribution in [0.15, 0.2) is 56.7 Å². The van der Waals surface area contributed by atoms with E-state index < -0.39 is 0 Å². The van der Waals surface area contributed by atoms with Crippen molar-refractivity contribution in [2.45, 2.75) is 13.8 Å². The number of hydrogen-bond donors (Lipinski definition) is 1. The summed E-state index contributed by atoms with van der Waals surface area (Å²) in [7, 11) is 0. The molecule has 0 bridgehead atoms. The lowest BCUT2D eigenvalue weighted by Gasteiger charge is -2.00. The van der Waals surface area contributed by atoms with Crippen LogP contribution in [0, 0.1) is 13.8 Å². The number of nitrogens with one attached hydrogen (secondary N) is 1. The fourth-order valence-corrected chi connectivity index (χ4v) is 3.85. The van der Waals surface area contributed by atoms with Crippen LogP contribution in [0.2, 0.25) is 0 Å². The van der Waals surface area contributed by atoms with Gasteiger partial charge in [0, 0.05) is 16.4 Å². The second kappa shape index (κ2) is 6.66. The molecule has 26 heavy (non-hydrogen) atoms. The summed E-state index contributed by atoms with van der Waals surface area (Å²) in [6.07, 6.45) is 1.59. The van der Waals surface area contributed by atoms with Gasteiger partial charge in [-0.3, -0.25) is 9.89 Å². The van der Waals surface area contributed by atoms with Gasteiger partial charge in [0.25, 0.3) is 5.56 Å². The smallest absolute Gasteiger partial charge is 0.280 e. The summed E-state index contributed by atoms with van der Waals surface area (Å²) in [5.74, 6) is 0. The molecule has 4 aromatic rings. The van der Waals surface area contributed by atoms with E-state index in [1.807, 2.05) is 43.3 Å². The number of benzene rings is 2. The Morgan fingerprint density at radius 3 is 2.73 bits per heavy atom. The van der Waals surface area contributed by atoms with E-state index in [2.05, 4.69) is 44.0 Å². The molecule has 0 aliphatic rings. The Morgan fingerprint density at radius 1 is 1.19 bits per heavy atom. The maximum atomic E-state index is 12.7. The summed E-state index contributed by atoms with van der Waals surface area (Å²) in [6.45, 7) is 3.91. The van der Waals surface area contributed by atoms with Crippen molar-refractivity contribution in [1.82, 2.24) is 14.8 Å². The van der Waals surface area contributed by atoms with Gasteiger partial charge in [0.05, 0.1) is 21.5 Å². The van der Waals surface area contributed by atoms with Gasteiger partial charge in [-0.05, 0) is 55.8 Å². The molecule has 0 amide bonds. The Labute approximate surface area is 162 Å². The lowest BCUT2D eigenvalue weighted by Crippen LogP contribution is -2.17. The standard InChI is InChI=1S/C19H15BrN4OS/c1-11-3-8-16-17(9-11)26-19(22-16)21-10-15-12(2)23-24(18(15)25)14-6-4-13(20)5-7-14/h3-10,23H,1-2H3. The first-order valence-corrected chi connectivity index (χ1v) is 9.61. The first kappa shape index (κ1) is 16.9. The van der Waals surface area contributed by atoms with Crippen molar-refractivity contribution in [2.75, 3.05) is 0 Å². The number of nitrogens with zero attached hydrogens (tertiary/aromatic N) is 3. The van der Waals surface area contributed by atoms with Crippen LogP contribution in [-0.4, -0.2) is 21.0 Å². The second-order valence-corrected chi connectivity index (χ2v) is 7.92. The van der Waals surface area contributed by atoms with Crippen LogP contribution in [0.3, 0.4) is 0 Å². The van der Waals surface area contributed by atoms with Crippen molar-refractivity contribution in [3.63, 3.8) is 0 Å². The van der Waals surface area contributed by atoms with E-state index >= 15 is 0 Å². The van der Waals surface area contributed by atoms with Gasteiger partial charge in [0.15, 0.2) is 0 Å². The first-order chi connectivity index (χ1) is 12.5. The third-order valence-electron chi connectivity index (χ3n) is 4.04. The SMILES string of the molecule is Cc1ccc2nc(N=Cc3c(C)[nH]n(-c4ccc(Br)cc4)c3=O)sc2c1. The minimum absolute atomic E-state index is 0.134. The molecule has 130 valence electrons. The highest BCUT2D eigenvalue weighted by Gasteiger charge is 2.11. The number of thiazole rings is 1. The Hall–Kier alpha value is -2.51. The maximum Gasteiger partial charge on any atom is 0.280 e. The van der Waals surface area contributed by atoms with Crippen LogP contribution >= 0.6 is 27.3 Å². The number of rotatable bonds is 3. The Balaban J connectivity index is 1.70. The third-order valence-corrected chi connectivity index (χ3v) is 5.49. The molecule has 0 unspecified atom stereocenters. The minimum atomic E-state index is -0.134. The van der Waals surface area contributed by atoms with Crippen LogP contribution in [0.5, 0.6) is 0 Å². The van der Waals surface area contributed by atoms with Gasteiger partial charge >= 0.3 is 0 Å². The molecule has 0 saturated heterocycles. The molecule has 2 aromatic carbocycles. The lowest BCUT2D eigenvalue weighted by atomic mass is 10.2. The monoisotopic (exact) mass is 426 g/mol. The topological polar surface area (TPSA) is 63.0 Å². The van der Waals surface area contributed by atoms with Gasteiger partial charge in [-0.1, -0.05) is 33.3 Å². The van der Waals surface area contributed by atoms with E-state index in [9.17, 15) is 4.79 Å². The van der Waals surface area contributed by atoms with E-state index in [1.54, 1.807) is 6.21 Å². The number of hydrogen-bond acceptors (Lipinski definition) is 4. The second-order valence-electron chi connectivity index (χ2n) is 5.99. The minimum Gasteiger partial charge on any atom is -0.295 e. The highest BCUT2D eigenvalue weighted by Crippen LogP contribution is 2.28. The van der Waals surface area contributed by atoms with Crippen molar-refractivity contribution < 1.29 is 0 Å². The summed E-state index contributed by atoms with van der Waals surface area (Å²) in [4.78, 5) is 21.7. The molecule has 0 fully saturated rings. The largest absolute Gasteiger partial charge is 0.295 e. The number of aliphatic imine (C=N–C) groups is 1. The molecule has 0 spiro atoms. The summed E-state index contributed by atoms with van der Waals surface area (Å²) in [5, 5.41) is 3.74. The number of halogens is 1. The van der Waals surface area contributed by atoms with Crippen LogP contribution in [0.4, 0.5) is 5.13 Å². The average Bonchev–Trinajstić information content (AvgIpc) is 3.14. The molecule has 4 rings (SSSR count). The van der Waals surface area contributed by atoms with Crippen LogP contribution < -0.4 is 5.56 Å². The highest BCUT2D eigenvalue weighted by atomic mass is 79.9. The number of fused-ring (bicyclic) bond motifs is 1. The maximum absolute atomic E-state index is 12.7. The zero-order valence-electron chi connectivity index (χ0n) is 14.2. The molecule has 0 saturated carbocycles. The summed E-state index contributed by atoms with van der Waals surface area (Å²) >= 11 is 4.92. The molecule has 0 radical (unpaired) electrons. The molecule has 5 nitrogen and oxygen atoms in total. The third kappa shape index (κ3) is 3.15. The average molecular weight is 427 g/mol. The zero-order valence-corrected chi connectivity index (χ0v) is 16.6. The number of aromatic amines is 1. The molecule has 1 N–H and O–H groups in total. The van der Waals surface area contributed by atoms with Crippen molar-refractivity contribution in [1.29, 1.82) is 0 Å². The van der Waals surface area contributed by atoms with Gasteiger partial charge in [-0.25, -0.2) is 14.7 Å². The summed E-state index contributed by atoms with van der Waals surface area (Å²) in [5.41, 5.74) is 4.05. The fourth-order valence-electron chi connectivity index (χ4n) is 2.68. The predicted molar refractivity (Wildman–Crippen MR) is 110 cm³/mol. The van der Waals surface area contributed by atoms with Crippen molar-refractivity contribution in [3.05, 3.63) is 74.1 Å². The van der Waals surface area contributed by atoms with E-state index in [0.717, 1.165) is 26.1 Å². The molecule has 0 aliphatic carbocycles. The quantitative estimate of drug-likeness (QED) is 0.473. The molecular weight excluding hydrogens is 412 g/mol. The molecule has 0 aliphatic heterocycles. The van der Waals surface area contributed by atoms with E-state index in [0.29, 0.717) is 10.7 Å². The van der Waals surface area contributed by atoms with Gasteiger partial charge in [-0.2, -0.15) is 0 Å². The van der Waals surface area contributed by atoms with Crippen molar-refractivity contribution in [3.8, 4) is 5.69 Å². The number of aromatic nitrogens is 3. The molecule has 7 heteroatoms. The summed E-state index contributed by atoms with van der Waals surface area (Å²) in [6, 6.07) is 13.7. The Bertz CT molecular complexity index is 1180. The Kier molecular flexibility index (Phi) is 4.34. The first-order valence-electron chi connectivity index (χ1n) is 8.00. The van der Waals surface area contributed by atoms with E-state index in [4.69, 9.17) is 0 Å². The number of aryl methyl sites for hydroxylation is 2. The van der Waals surface area contributed by atoms with Gasteiger partial charge in [-0.15, -0.1) is 0 Å². The normalized spacial score (nSPS) is 11.7. The molecule has 0 atom stereocenters. The van der Waals surface area contributed by atoms with Crippen LogP contribution in [0.25, 0.3) is 15.9 Å². The predicted octanol–water partition coefficient (Wildman–Crippen LogP) is 4.91.